The topological polar surface area (TPSA) is 58.2 Å². The van der Waals surface area contributed by atoms with E-state index in [2.05, 4.69) is 10.6 Å². The van der Waals surface area contributed by atoms with Gasteiger partial charge in [0, 0.05) is 23.2 Å². The fraction of sp³-hybridized carbons (Fsp3) is 0.467. The van der Waals surface area contributed by atoms with Crippen LogP contribution in [0.1, 0.15) is 49.5 Å². The SMILES string of the molecule is CCC(C)(C)NC(=O)c1ccc2c(c1)CCC(=O)N2. The highest BCUT2D eigenvalue weighted by atomic mass is 16.2. The lowest BCUT2D eigenvalue weighted by Crippen LogP contribution is -2.42. The number of benzene rings is 1. The molecule has 1 aromatic carbocycles. The minimum atomic E-state index is -0.207. The summed E-state index contributed by atoms with van der Waals surface area (Å²) in [6.45, 7) is 6.05. The molecule has 19 heavy (non-hydrogen) atoms. The van der Waals surface area contributed by atoms with Crippen LogP contribution in [0.15, 0.2) is 18.2 Å². The summed E-state index contributed by atoms with van der Waals surface area (Å²) in [5.41, 5.74) is 2.29. The monoisotopic (exact) mass is 260 g/mol. The predicted molar refractivity (Wildman–Crippen MR) is 75.2 cm³/mol. The molecule has 0 bridgehead atoms. The number of fused-ring (bicyclic) bond motifs is 1. The van der Waals surface area contributed by atoms with Gasteiger partial charge < -0.3 is 10.6 Å². The van der Waals surface area contributed by atoms with E-state index in [1.165, 1.54) is 0 Å². The van der Waals surface area contributed by atoms with Gasteiger partial charge in [-0.2, -0.15) is 0 Å². The molecule has 1 heterocycles. The van der Waals surface area contributed by atoms with Gasteiger partial charge in [-0.05, 0) is 50.5 Å². The third-order valence-corrected chi connectivity index (χ3v) is 3.60. The van der Waals surface area contributed by atoms with E-state index in [-0.39, 0.29) is 17.4 Å². The van der Waals surface area contributed by atoms with Gasteiger partial charge in [-0.3, -0.25) is 9.59 Å². The van der Waals surface area contributed by atoms with Crippen LogP contribution >= 0.6 is 0 Å². The minimum absolute atomic E-state index is 0.0387. The highest BCUT2D eigenvalue weighted by Gasteiger charge is 2.21. The zero-order chi connectivity index (χ0) is 14.0. The molecular weight excluding hydrogens is 240 g/mol. The Kier molecular flexibility index (Phi) is 3.60. The fourth-order valence-corrected chi connectivity index (χ4v) is 1.99. The number of amides is 2. The van der Waals surface area contributed by atoms with Crippen LogP contribution in [0, 0.1) is 0 Å². The van der Waals surface area contributed by atoms with Crippen molar-refractivity contribution in [2.45, 2.75) is 45.6 Å². The van der Waals surface area contributed by atoms with Crippen molar-refractivity contribution in [1.29, 1.82) is 0 Å². The number of aryl methyl sites for hydroxylation is 1. The maximum atomic E-state index is 12.2. The van der Waals surface area contributed by atoms with E-state index < -0.39 is 0 Å². The van der Waals surface area contributed by atoms with E-state index in [1.54, 1.807) is 12.1 Å². The third kappa shape index (κ3) is 3.13. The number of anilines is 1. The highest BCUT2D eigenvalue weighted by molar-refractivity contribution is 5.98. The van der Waals surface area contributed by atoms with E-state index in [0.29, 0.717) is 18.4 Å². The van der Waals surface area contributed by atoms with Crippen molar-refractivity contribution in [2.75, 3.05) is 5.32 Å². The number of carbonyl (C=O) groups excluding carboxylic acids is 2. The number of hydrogen-bond donors (Lipinski definition) is 2. The van der Waals surface area contributed by atoms with Crippen LogP contribution in [0.5, 0.6) is 0 Å². The van der Waals surface area contributed by atoms with Crippen molar-refractivity contribution < 1.29 is 9.59 Å². The Hall–Kier alpha value is -1.84. The first-order chi connectivity index (χ1) is 8.91. The summed E-state index contributed by atoms with van der Waals surface area (Å²) in [7, 11) is 0. The van der Waals surface area contributed by atoms with Crippen molar-refractivity contribution in [1.82, 2.24) is 5.32 Å². The standard InChI is InChI=1S/C15H20N2O2/c1-4-15(2,3)17-14(19)11-5-7-12-10(9-11)6-8-13(18)16-12/h5,7,9H,4,6,8H2,1-3H3,(H,16,18)(H,17,19). The quantitative estimate of drug-likeness (QED) is 0.877. The van der Waals surface area contributed by atoms with Crippen LogP contribution in [-0.2, 0) is 11.2 Å². The molecule has 0 unspecified atom stereocenters. The van der Waals surface area contributed by atoms with Crippen LogP contribution in [0.25, 0.3) is 0 Å². The summed E-state index contributed by atoms with van der Waals surface area (Å²) in [4.78, 5) is 23.5. The van der Waals surface area contributed by atoms with Crippen molar-refractivity contribution in [3.63, 3.8) is 0 Å². The van der Waals surface area contributed by atoms with Crippen LogP contribution < -0.4 is 10.6 Å². The summed E-state index contributed by atoms with van der Waals surface area (Å²) in [5, 5.41) is 5.83. The van der Waals surface area contributed by atoms with Gasteiger partial charge in [0.1, 0.15) is 0 Å². The van der Waals surface area contributed by atoms with Crippen molar-refractivity contribution >= 4 is 17.5 Å². The first-order valence-corrected chi connectivity index (χ1v) is 6.66. The number of hydrogen-bond acceptors (Lipinski definition) is 2. The average Bonchev–Trinajstić information content (AvgIpc) is 2.37. The fourth-order valence-electron chi connectivity index (χ4n) is 1.99. The van der Waals surface area contributed by atoms with E-state index in [1.807, 2.05) is 26.8 Å². The second-order valence-electron chi connectivity index (χ2n) is 5.61. The Bertz CT molecular complexity index is 521. The second-order valence-corrected chi connectivity index (χ2v) is 5.61. The molecule has 102 valence electrons. The normalized spacial score (nSPS) is 14.6. The Morgan fingerprint density at radius 2 is 2.11 bits per heavy atom. The summed E-state index contributed by atoms with van der Waals surface area (Å²) in [6.07, 6.45) is 2.05. The van der Waals surface area contributed by atoms with Crippen molar-refractivity contribution in [3.05, 3.63) is 29.3 Å². The van der Waals surface area contributed by atoms with Gasteiger partial charge in [0.05, 0.1) is 0 Å². The first-order valence-electron chi connectivity index (χ1n) is 6.66. The Morgan fingerprint density at radius 3 is 2.79 bits per heavy atom. The smallest absolute Gasteiger partial charge is 0.251 e. The molecule has 0 saturated carbocycles. The summed E-state index contributed by atoms with van der Waals surface area (Å²) in [6, 6.07) is 5.43. The maximum absolute atomic E-state index is 12.2. The van der Waals surface area contributed by atoms with Crippen LogP contribution in [0.2, 0.25) is 0 Å². The lowest BCUT2D eigenvalue weighted by atomic mass is 9.98. The van der Waals surface area contributed by atoms with Gasteiger partial charge in [0.15, 0.2) is 0 Å². The Morgan fingerprint density at radius 1 is 1.37 bits per heavy atom. The zero-order valence-corrected chi connectivity index (χ0v) is 11.7. The van der Waals surface area contributed by atoms with E-state index in [4.69, 9.17) is 0 Å². The molecular formula is C15H20N2O2. The molecule has 0 spiro atoms. The summed E-state index contributed by atoms with van der Waals surface area (Å²) >= 11 is 0. The molecule has 2 amide bonds. The van der Waals surface area contributed by atoms with Gasteiger partial charge in [0.25, 0.3) is 5.91 Å². The average molecular weight is 260 g/mol. The molecule has 0 aromatic heterocycles. The van der Waals surface area contributed by atoms with Gasteiger partial charge in [0.2, 0.25) is 5.91 Å². The number of rotatable bonds is 3. The largest absolute Gasteiger partial charge is 0.347 e. The molecule has 4 heteroatoms. The van der Waals surface area contributed by atoms with Gasteiger partial charge >= 0.3 is 0 Å². The van der Waals surface area contributed by atoms with E-state index in [9.17, 15) is 9.59 Å². The molecule has 0 aliphatic carbocycles. The van der Waals surface area contributed by atoms with Gasteiger partial charge in [-0.1, -0.05) is 6.92 Å². The van der Waals surface area contributed by atoms with Gasteiger partial charge in [-0.25, -0.2) is 0 Å². The van der Waals surface area contributed by atoms with Crippen LogP contribution in [-0.4, -0.2) is 17.4 Å². The first kappa shape index (κ1) is 13.6. The molecule has 0 saturated heterocycles. The second kappa shape index (κ2) is 5.03. The maximum Gasteiger partial charge on any atom is 0.251 e. The highest BCUT2D eigenvalue weighted by Crippen LogP contribution is 2.23. The van der Waals surface area contributed by atoms with E-state index >= 15 is 0 Å². The molecule has 0 atom stereocenters. The lowest BCUT2D eigenvalue weighted by molar-refractivity contribution is -0.116. The molecule has 1 aliphatic heterocycles. The van der Waals surface area contributed by atoms with Crippen LogP contribution in [0.4, 0.5) is 5.69 Å². The molecule has 1 aromatic rings. The summed E-state index contributed by atoms with van der Waals surface area (Å²) in [5.74, 6) is -0.0247. The van der Waals surface area contributed by atoms with E-state index in [0.717, 1.165) is 17.7 Å². The third-order valence-electron chi connectivity index (χ3n) is 3.60. The van der Waals surface area contributed by atoms with Crippen molar-refractivity contribution in [2.24, 2.45) is 0 Å². The molecule has 2 N–H and O–H groups in total. The van der Waals surface area contributed by atoms with Crippen molar-refractivity contribution in [3.8, 4) is 0 Å². The lowest BCUT2D eigenvalue weighted by Gasteiger charge is -2.25. The molecule has 0 radical (unpaired) electrons. The zero-order valence-electron chi connectivity index (χ0n) is 11.7. The molecule has 2 rings (SSSR count). The summed E-state index contributed by atoms with van der Waals surface area (Å²) < 4.78 is 0. The Balaban J connectivity index is 2.18. The van der Waals surface area contributed by atoms with Crippen LogP contribution in [0.3, 0.4) is 0 Å². The predicted octanol–water partition coefficient (Wildman–Crippen LogP) is 2.49. The van der Waals surface area contributed by atoms with Gasteiger partial charge in [-0.15, -0.1) is 0 Å². The number of carbonyl (C=O) groups is 2. The minimum Gasteiger partial charge on any atom is -0.347 e. The Labute approximate surface area is 113 Å². The molecule has 0 fully saturated rings. The number of nitrogens with one attached hydrogen (secondary N) is 2. The molecule has 4 nitrogen and oxygen atoms in total. The molecule has 1 aliphatic rings.